The molecule has 0 fully saturated rings. The molecule has 1 aliphatic carbocycles. The van der Waals surface area contributed by atoms with Gasteiger partial charge in [0.2, 0.25) is 0 Å². The van der Waals surface area contributed by atoms with E-state index in [1.54, 1.807) is 14.7 Å². The number of hydrogen-bond donors (Lipinski definition) is 9. The van der Waals surface area contributed by atoms with E-state index in [4.69, 9.17) is 14.2 Å². The number of aliphatic hydroxyl groups excluding tert-OH is 9. The standard InChI is InChI=1S/C40H63N3O12/c44-19-13-41(14-20-45)25-34(50)28-53-37-7-1-31(2-8-37)40(32-3-9-38(10-4-32)54-29-35(51)26-42(15-21-46)16-22-47)33-5-11-39(12-6-33)55-30-36(52)27-43(17-23-48)18-24-49/h1-11,34-36,39-40,44-52H,12-30H2. The highest BCUT2D eigenvalue weighted by molar-refractivity contribution is 5.48. The van der Waals surface area contributed by atoms with Crippen LogP contribution < -0.4 is 9.47 Å². The van der Waals surface area contributed by atoms with Crippen LogP contribution in [0, 0.1) is 0 Å². The summed E-state index contributed by atoms with van der Waals surface area (Å²) in [4.78, 5) is 5.31. The van der Waals surface area contributed by atoms with Gasteiger partial charge in [0.25, 0.3) is 0 Å². The van der Waals surface area contributed by atoms with Gasteiger partial charge in [-0.25, -0.2) is 0 Å². The number of nitrogens with zero attached hydrogens (tertiary/aromatic N) is 3. The van der Waals surface area contributed by atoms with Crippen LogP contribution in [-0.2, 0) is 4.74 Å². The van der Waals surface area contributed by atoms with Crippen LogP contribution in [0.5, 0.6) is 11.5 Å². The molecule has 1 aliphatic rings. The number of aliphatic hydroxyl groups is 9. The van der Waals surface area contributed by atoms with Gasteiger partial charge >= 0.3 is 0 Å². The van der Waals surface area contributed by atoms with Crippen LogP contribution in [0.1, 0.15) is 23.5 Å². The fourth-order valence-electron chi connectivity index (χ4n) is 6.45. The predicted molar refractivity (Wildman–Crippen MR) is 207 cm³/mol. The minimum Gasteiger partial charge on any atom is -0.491 e. The molecule has 4 unspecified atom stereocenters. The molecule has 4 atom stereocenters. The van der Waals surface area contributed by atoms with E-state index >= 15 is 0 Å². The van der Waals surface area contributed by atoms with Crippen molar-refractivity contribution in [1.82, 2.24) is 14.7 Å². The van der Waals surface area contributed by atoms with Gasteiger partial charge in [-0.2, -0.15) is 0 Å². The summed E-state index contributed by atoms with van der Waals surface area (Å²) in [6.07, 6.45) is 4.02. The molecule has 0 spiro atoms. The lowest BCUT2D eigenvalue weighted by atomic mass is 9.82. The van der Waals surface area contributed by atoms with Crippen molar-refractivity contribution in [2.75, 3.05) is 118 Å². The average molecular weight is 778 g/mol. The highest BCUT2D eigenvalue weighted by Gasteiger charge is 2.23. The molecule has 0 saturated heterocycles. The van der Waals surface area contributed by atoms with E-state index in [0.717, 1.165) is 16.7 Å². The van der Waals surface area contributed by atoms with Gasteiger partial charge in [-0.15, -0.1) is 0 Å². The molecule has 0 amide bonds. The third-order valence-electron chi connectivity index (χ3n) is 9.14. The topological polar surface area (TPSA) is 219 Å². The monoisotopic (exact) mass is 777 g/mol. The van der Waals surface area contributed by atoms with Gasteiger partial charge in [-0.05, 0) is 47.4 Å². The second-order valence-corrected chi connectivity index (χ2v) is 13.6. The fourth-order valence-corrected chi connectivity index (χ4v) is 6.45. The van der Waals surface area contributed by atoms with E-state index in [9.17, 15) is 46.0 Å². The van der Waals surface area contributed by atoms with Crippen molar-refractivity contribution in [3.05, 3.63) is 83.5 Å². The molecule has 0 bridgehead atoms. The first-order valence-electron chi connectivity index (χ1n) is 19.0. The molecule has 2 aromatic rings. The molecule has 0 aliphatic heterocycles. The van der Waals surface area contributed by atoms with Gasteiger partial charge in [0.1, 0.15) is 36.9 Å². The molecule has 2 aromatic carbocycles. The SMILES string of the molecule is OCCN(CCO)CC(O)COc1ccc(C(C2=CCC(OCC(O)CN(CCO)CCO)C=C2)c2ccc(OCC(O)CN(CCO)CCO)cc2)cc1. The largest absolute Gasteiger partial charge is 0.491 e. The Morgan fingerprint density at radius 1 is 0.527 bits per heavy atom. The molecule has 15 heteroatoms. The third kappa shape index (κ3) is 17.4. The first kappa shape index (κ1) is 46.4. The van der Waals surface area contributed by atoms with E-state index < -0.39 is 18.3 Å². The summed E-state index contributed by atoms with van der Waals surface area (Å²) in [5.41, 5.74) is 3.01. The van der Waals surface area contributed by atoms with Crippen LogP contribution in [-0.4, -0.2) is 203 Å². The number of hydrogen-bond acceptors (Lipinski definition) is 15. The smallest absolute Gasteiger partial charge is 0.119 e. The number of benzene rings is 2. The summed E-state index contributed by atoms with van der Waals surface area (Å²) in [6, 6.07) is 15.3. The normalized spacial score (nSPS) is 16.7. The van der Waals surface area contributed by atoms with E-state index in [-0.39, 0.29) is 91.1 Å². The second kappa shape index (κ2) is 26.8. The van der Waals surface area contributed by atoms with E-state index in [1.807, 2.05) is 60.7 Å². The number of ether oxygens (including phenoxy) is 3. The molecule has 0 radical (unpaired) electrons. The van der Waals surface area contributed by atoms with Crippen molar-refractivity contribution in [2.24, 2.45) is 0 Å². The molecular weight excluding hydrogens is 714 g/mol. The van der Waals surface area contributed by atoms with Gasteiger partial charge in [-0.3, -0.25) is 14.7 Å². The van der Waals surface area contributed by atoms with Gasteiger partial charge in [-0.1, -0.05) is 42.5 Å². The Bertz CT molecular complexity index is 1260. The lowest BCUT2D eigenvalue weighted by Crippen LogP contribution is -2.39. The Balaban J connectivity index is 1.71. The van der Waals surface area contributed by atoms with Crippen LogP contribution >= 0.6 is 0 Å². The quantitative estimate of drug-likeness (QED) is 0.0455. The highest BCUT2D eigenvalue weighted by atomic mass is 16.5. The highest BCUT2D eigenvalue weighted by Crippen LogP contribution is 2.36. The zero-order valence-corrected chi connectivity index (χ0v) is 31.8. The first-order chi connectivity index (χ1) is 26.7. The van der Waals surface area contributed by atoms with Gasteiger partial charge in [0.05, 0.1) is 58.5 Å². The Morgan fingerprint density at radius 2 is 0.891 bits per heavy atom. The first-order valence-corrected chi connectivity index (χ1v) is 19.0. The molecule has 0 aromatic heterocycles. The number of allylic oxidation sites excluding steroid dienone is 2. The zero-order chi connectivity index (χ0) is 39.8. The molecule has 3 rings (SSSR count). The number of rotatable bonds is 30. The van der Waals surface area contributed by atoms with E-state index in [1.165, 1.54) is 0 Å². The van der Waals surface area contributed by atoms with Crippen LogP contribution in [0.25, 0.3) is 0 Å². The van der Waals surface area contributed by atoms with E-state index in [2.05, 4.69) is 6.08 Å². The van der Waals surface area contributed by atoms with Crippen molar-refractivity contribution >= 4 is 0 Å². The lowest BCUT2D eigenvalue weighted by Gasteiger charge is -2.26. The predicted octanol–water partition coefficient (Wildman–Crippen LogP) is -1.21. The van der Waals surface area contributed by atoms with Crippen LogP contribution in [0.4, 0.5) is 0 Å². The van der Waals surface area contributed by atoms with Gasteiger partial charge < -0.3 is 60.2 Å². The third-order valence-corrected chi connectivity index (χ3v) is 9.14. The summed E-state index contributed by atoms with van der Waals surface area (Å²) in [6.45, 7) is 2.57. The zero-order valence-electron chi connectivity index (χ0n) is 31.8. The van der Waals surface area contributed by atoms with Gasteiger partial charge in [0, 0.05) is 64.8 Å². The van der Waals surface area contributed by atoms with Crippen LogP contribution in [0.3, 0.4) is 0 Å². The van der Waals surface area contributed by atoms with Crippen molar-refractivity contribution in [1.29, 1.82) is 0 Å². The van der Waals surface area contributed by atoms with Crippen molar-refractivity contribution in [3.8, 4) is 11.5 Å². The molecule has 0 saturated carbocycles. The molecular formula is C40H63N3O12. The Kier molecular flexibility index (Phi) is 22.6. The maximum atomic E-state index is 10.5. The Hall–Kier alpha value is -3.00. The van der Waals surface area contributed by atoms with Crippen molar-refractivity contribution in [2.45, 2.75) is 36.8 Å². The maximum Gasteiger partial charge on any atom is 0.119 e. The Morgan fingerprint density at radius 3 is 1.22 bits per heavy atom. The fraction of sp³-hybridized carbons (Fsp3) is 0.600. The molecule has 310 valence electrons. The van der Waals surface area contributed by atoms with Crippen molar-refractivity contribution < 1.29 is 60.2 Å². The second-order valence-electron chi connectivity index (χ2n) is 13.6. The van der Waals surface area contributed by atoms with Crippen LogP contribution in [0.2, 0.25) is 0 Å². The van der Waals surface area contributed by atoms with Crippen LogP contribution in [0.15, 0.2) is 72.3 Å². The maximum absolute atomic E-state index is 10.5. The summed E-state index contributed by atoms with van der Waals surface area (Å²) < 4.78 is 17.8. The summed E-state index contributed by atoms with van der Waals surface area (Å²) >= 11 is 0. The molecule has 9 N–H and O–H groups in total. The molecule has 55 heavy (non-hydrogen) atoms. The summed E-state index contributed by atoms with van der Waals surface area (Å²) in [5, 5.41) is 87.1. The Labute approximate surface area is 324 Å². The van der Waals surface area contributed by atoms with Crippen molar-refractivity contribution in [3.63, 3.8) is 0 Å². The van der Waals surface area contributed by atoms with E-state index in [0.29, 0.717) is 57.2 Å². The molecule has 15 nitrogen and oxygen atoms in total. The minimum atomic E-state index is -0.818. The summed E-state index contributed by atoms with van der Waals surface area (Å²) in [5.74, 6) is 0.977. The van der Waals surface area contributed by atoms with Gasteiger partial charge in [0.15, 0.2) is 0 Å². The lowest BCUT2D eigenvalue weighted by molar-refractivity contribution is -0.00813. The minimum absolute atomic E-state index is 0.0398. The summed E-state index contributed by atoms with van der Waals surface area (Å²) in [7, 11) is 0. The molecule has 0 heterocycles. The average Bonchev–Trinajstić information content (AvgIpc) is 3.17.